The first-order valence-corrected chi connectivity index (χ1v) is 6.43. The number of rotatable bonds is 2. The molecule has 0 unspecified atom stereocenters. The van der Waals surface area contributed by atoms with Crippen molar-refractivity contribution >= 4 is 32.5 Å². The van der Waals surface area contributed by atoms with Gasteiger partial charge in [-0.05, 0) is 29.0 Å². The standard InChI is InChI=1S/C12H9NO4S/c1-8(14)13-11-4-2-10-7-12(18(15,16)17)5-3-9(10)6-11/h2,4,6-7H,1H3,(H,13,14)(H,15,16,17). The van der Waals surface area contributed by atoms with Crippen molar-refractivity contribution in [1.82, 2.24) is 0 Å². The number of amides is 1. The Morgan fingerprint density at radius 2 is 2.00 bits per heavy atom. The summed E-state index contributed by atoms with van der Waals surface area (Å²) in [6, 6.07) is 11.2. The molecule has 2 aromatic carbocycles. The van der Waals surface area contributed by atoms with Crippen molar-refractivity contribution < 1.29 is 17.8 Å². The van der Waals surface area contributed by atoms with Gasteiger partial charge in [-0.2, -0.15) is 8.42 Å². The molecule has 2 N–H and O–H groups in total. The molecular weight excluding hydrogens is 254 g/mol. The second-order valence-electron chi connectivity index (χ2n) is 3.72. The van der Waals surface area contributed by atoms with E-state index in [2.05, 4.69) is 17.4 Å². The Balaban J connectivity index is 2.52. The lowest BCUT2D eigenvalue weighted by atomic mass is 10.1. The fraction of sp³-hybridized carbons (Fsp3) is 0.0833. The minimum atomic E-state index is -4.28. The van der Waals surface area contributed by atoms with Gasteiger partial charge in [-0.3, -0.25) is 9.35 Å². The molecule has 6 heteroatoms. The number of fused-ring (bicyclic) bond motifs is 1. The molecule has 92 valence electrons. The SMILES string of the molecule is CC(=O)Nc1ccc2cc(S(=O)(=O)O)[c][c]c2c1. The molecule has 0 saturated heterocycles. The van der Waals surface area contributed by atoms with Crippen molar-refractivity contribution in [2.45, 2.75) is 11.8 Å². The average molecular weight is 263 g/mol. The van der Waals surface area contributed by atoms with Crippen molar-refractivity contribution in [3.63, 3.8) is 0 Å². The molecule has 18 heavy (non-hydrogen) atoms. The Bertz CT molecular complexity index is 722. The van der Waals surface area contributed by atoms with Gasteiger partial charge in [0.2, 0.25) is 5.91 Å². The van der Waals surface area contributed by atoms with Crippen LogP contribution in [-0.4, -0.2) is 18.9 Å². The third-order valence-electron chi connectivity index (χ3n) is 2.26. The summed E-state index contributed by atoms with van der Waals surface area (Å²) in [7, 11) is -4.28. The van der Waals surface area contributed by atoms with Crippen molar-refractivity contribution in [2.24, 2.45) is 0 Å². The van der Waals surface area contributed by atoms with Gasteiger partial charge in [-0.25, -0.2) is 0 Å². The van der Waals surface area contributed by atoms with Gasteiger partial charge in [-0.15, -0.1) is 0 Å². The van der Waals surface area contributed by atoms with E-state index in [1.54, 1.807) is 18.2 Å². The van der Waals surface area contributed by atoms with Crippen molar-refractivity contribution in [3.8, 4) is 0 Å². The lowest BCUT2D eigenvalue weighted by molar-refractivity contribution is -0.114. The molecule has 0 aliphatic carbocycles. The molecule has 0 fully saturated rings. The van der Waals surface area contributed by atoms with E-state index in [4.69, 9.17) is 4.55 Å². The first kappa shape index (κ1) is 12.5. The monoisotopic (exact) mass is 263 g/mol. The lowest BCUT2D eigenvalue weighted by Gasteiger charge is -2.04. The summed E-state index contributed by atoms with van der Waals surface area (Å²) in [6.07, 6.45) is 0. The molecule has 0 saturated carbocycles. The zero-order valence-corrected chi connectivity index (χ0v) is 10.2. The normalized spacial score (nSPS) is 11.4. The predicted molar refractivity (Wildman–Crippen MR) is 65.7 cm³/mol. The van der Waals surface area contributed by atoms with Gasteiger partial charge in [-0.1, -0.05) is 6.07 Å². The number of hydrogen-bond acceptors (Lipinski definition) is 3. The van der Waals surface area contributed by atoms with Crippen molar-refractivity contribution in [3.05, 3.63) is 36.4 Å². The van der Waals surface area contributed by atoms with Crippen LogP contribution in [0.4, 0.5) is 5.69 Å². The molecule has 0 heterocycles. The highest BCUT2D eigenvalue weighted by Gasteiger charge is 2.10. The molecule has 2 radical (unpaired) electrons. The van der Waals surface area contributed by atoms with Gasteiger partial charge < -0.3 is 5.32 Å². The highest BCUT2D eigenvalue weighted by atomic mass is 32.2. The van der Waals surface area contributed by atoms with E-state index in [9.17, 15) is 13.2 Å². The largest absolute Gasteiger partial charge is 0.326 e. The van der Waals surface area contributed by atoms with Crippen LogP contribution in [0.2, 0.25) is 0 Å². The van der Waals surface area contributed by atoms with Crippen LogP contribution in [0.1, 0.15) is 6.92 Å². The number of benzene rings is 2. The van der Waals surface area contributed by atoms with Crippen LogP contribution in [0.25, 0.3) is 10.8 Å². The molecule has 0 atom stereocenters. The summed E-state index contributed by atoms with van der Waals surface area (Å²) in [5.74, 6) is -0.201. The number of nitrogens with one attached hydrogen (secondary N) is 1. The predicted octanol–water partition coefficient (Wildman–Crippen LogP) is 1.65. The van der Waals surface area contributed by atoms with E-state index in [1.807, 2.05) is 0 Å². The van der Waals surface area contributed by atoms with Crippen molar-refractivity contribution in [1.29, 1.82) is 0 Å². The maximum absolute atomic E-state index is 10.9. The summed E-state index contributed by atoms with van der Waals surface area (Å²) in [6.45, 7) is 1.39. The Kier molecular flexibility index (Phi) is 3.06. The van der Waals surface area contributed by atoms with Crippen LogP contribution in [0, 0.1) is 12.1 Å². The van der Waals surface area contributed by atoms with Crippen LogP contribution in [0.15, 0.2) is 29.2 Å². The maximum Gasteiger partial charge on any atom is 0.295 e. The molecule has 0 aliphatic rings. The van der Waals surface area contributed by atoms with E-state index in [0.29, 0.717) is 16.5 Å². The third kappa shape index (κ3) is 2.66. The third-order valence-corrected chi connectivity index (χ3v) is 3.03. The Labute approximate surface area is 104 Å². The van der Waals surface area contributed by atoms with Gasteiger partial charge >= 0.3 is 0 Å². The van der Waals surface area contributed by atoms with Gasteiger partial charge in [0, 0.05) is 24.7 Å². The fourth-order valence-electron chi connectivity index (χ4n) is 1.52. The van der Waals surface area contributed by atoms with Crippen LogP contribution in [0.5, 0.6) is 0 Å². The quantitative estimate of drug-likeness (QED) is 0.807. The maximum atomic E-state index is 10.9. The number of carbonyl (C=O) groups excluding carboxylic acids is 1. The van der Waals surface area contributed by atoms with Gasteiger partial charge in [0.15, 0.2) is 0 Å². The van der Waals surface area contributed by atoms with Crippen molar-refractivity contribution in [2.75, 3.05) is 5.32 Å². The Morgan fingerprint density at radius 1 is 1.28 bits per heavy atom. The summed E-state index contributed by atoms with van der Waals surface area (Å²) >= 11 is 0. The summed E-state index contributed by atoms with van der Waals surface area (Å²) in [4.78, 5) is 10.6. The second-order valence-corrected chi connectivity index (χ2v) is 5.11. The first-order valence-electron chi connectivity index (χ1n) is 4.99. The molecule has 2 rings (SSSR count). The van der Waals surface area contributed by atoms with E-state index in [0.717, 1.165) is 0 Å². The number of carbonyl (C=O) groups is 1. The van der Waals surface area contributed by atoms with Crippen LogP contribution in [-0.2, 0) is 14.9 Å². The average Bonchev–Trinajstić information content (AvgIpc) is 2.26. The number of hydrogen-bond donors (Lipinski definition) is 2. The Morgan fingerprint density at radius 3 is 2.61 bits per heavy atom. The van der Waals surface area contributed by atoms with Gasteiger partial charge in [0.25, 0.3) is 10.1 Å². The Hall–Kier alpha value is -1.92. The smallest absolute Gasteiger partial charge is 0.295 e. The molecule has 0 aliphatic heterocycles. The van der Waals surface area contributed by atoms with Crippen LogP contribution in [0.3, 0.4) is 0 Å². The summed E-state index contributed by atoms with van der Waals surface area (Å²) < 4.78 is 30.8. The first-order chi connectivity index (χ1) is 8.36. The van der Waals surface area contributed by atoms with E-state index >= 15 is 0 Å². The zero-order valence-electron chi connectivity index (χ0n) is 9.39. The molecular formula is C12H9NO4S. The molecule has 0 bridgehead atoms. The molecule has 2 aromatic rings. The minimum absolute atomic E-state index is 0.201. The zero-order chi connectivity index (χ0) is 13.3. The van der Waals surface area contributed by atoms with E-state index < -0.39 is 10.1 Å². The lowest BCUT2D eigenvalue weighted by Crippen LogP contribution is -2.05. The van der Waals surface area contributed by atoms with E-state index in [-0.39, 0.29) is 10.8 Å². The summed E-state index contributed by atoms with van der Waals surface area (Å²) in [5, 5.41) is 3.77. The molecule has 0 aromatic heterocycles. The van der Waals surface area contributed by atoms with Crippen LogP contribution >= 0.6 is 0 Å². The van der Waals surface area contributed by atoms with Crippen LogP contribution < -0.4 is 5.32 Å². The molecule has 0 spiro atoms. The topological polar surface area (TPSA) is 83.5 Å². The molecule has 1 amide bonds. The minimum Gasteiger partial charge on any atom is -0.326 e. The number of anilines is 1. The van der Waals surface area contributed by atoms with E-state index in [1.165, 1.54) is 13.0 Å². The highest BCUT2D eigenvalue weighted by molar-refractivity contribution is 7.85. The fourth-order valence-corrected chi connectivity index (χ4v) is 1.97. The van der Waals surface area contributed by atoms with Gasteiger partial charge in [0.1, 0.15) is 4.90 Å². The molecule has 5 nitrogen and oxygen atoms in total. The second kappa shape index (κ2) is 4.40. The highest BCUT2D eigenvalue weighted by Crippen LogP contribution is 2.21. The summed E-state index contributed by atoms with van der Waals surface area (Å²) in [5.41, 5.74) is 0.583. The van der Waals surface area contributed by atoms with Gasteiger partial charge in [0.05, 0.1) is 0 Å².